The number of ether oxygens (including phenoxy) is 1. The van der Waals surface area contributed by atoms with Crippen molar-refractivity contribution in [2.24, 2.45) is 5.92 Å². The summed E-state index contributed by atoms with van der Waals surface area (Å²) >= 11 is 12.8. The van der Waals surface area contributed by atoms with E-state index in [1.54, 1.807) is 41.3 Å². The minimum Gasteiger partial charge on any atom is -0.480 e. The van der Waals surface area contributed by atoms with E-state index < -0.39 is 30.1 Å². The summed E-state index contributed by atoms with van der Waals surface area (Å²) in [5, 5.41) is 12.4. The van der Waals surface area contributed by atoms with E-state index >= 15 is 0 Å². The number of halogens is 2. The second-order valence-corrected chi connectivity index (χ2v) is 9.25. The van der Waals surface area contributed by atoms with Gasteiger partial charge in [0.15, 0.2) is 0 Å². The van der Waals surface area contributed by atoms with Crippen LogP contribution >= 0.6 is 23.2 Å². The Balaban J connectivity index is 2.08. The van der Waals surface area contributed by atoms with Crippen molar-refractivity contribution in [2.75, 3.05) is 11.4 Å². The summed E-state index contributed by atoms with van der Waals surface area (Å²) < 4.78 is 6.25. The Morgan fingerprint density at radius 3 is 2.45 bits per heavy atom. The number of nitrogens with one attached hydrogen (secondary N) is 1. The summed E-state index contributed by atoms with van der Waals surface area (Å²) in [5.74, 6) is -2.03. The SMILES string of the molecule is CC(C)CN1C(=O)[C@H](CC(=O)N[C@@H](C)C(=O)O)O[C@@H](c2ccccc2Cl)c2cc(Cl)ccc21. The molecule has 1 aliphatic rings. The fourth-order valence-corrected chi connectivity index (χ4v) is 4.13. The Bertz CT molecular complexity index is 1060. The molecule has 0 unspecified atom stereocenters. The largest absolute Gasteiger partial charge is 0.480 e. The molecule has 176 valence electrons. The molecular weight excluding hydrogens is 467 g/mol. The van der Waals surface area contributed by atoms with Gasteiger partial charge < -0.3 is 20.1 Å². The van der Waals surface area contributed by atoms with E-state index in [0.717, 1.165) is 0 Å². The Morgan fingerprint density at radius 2 is 1.82 bits per heavy atom. The van der Waals surface area contributed by atoms with Crippen LogP contribution in [0.2, 0.25) is 10.0 Å². The fraction of sp³-hybridized carbons (Fsp3) is 0.375. The number of fused-ring (bicyclic) bond motifs is 1. The fourth-order valence-electron chi connectivity index (χ4n) is 3.72. The molecule has 9 heteroatoms. The smallest absolute Gasteiger partial charge is 0.325 e. The van der Waals surface area contributed by atoms with Crippen molar-refractivity contribution in [3.05, 3.63) is 63.6 Å². The maximum atomic E-state index is 13.6. The standard InChI is InChI=1S/C24H26Cl2N2O5/c1-13(2)12-28-19-9-8-15(25)10-17(19)22(16-6-4-5-7-18(16)26)33-20(23(28)30)11-21(29)27-14(3)24(31)32/h4-10,13-14,20,22H,11-12H2,1-3H3,(H,27,29)(H,31,32)/t14-,20-,22-/m0/s1. The first-order valence-electron chi connectivity index (χ1n) is 10.6. The zero-order chi connectivity index (χ0) is 24.3. The molecule has 0 fully saturated rings. The van der Waals surface area contributed by atoms with Gasteiger partial charge in [-0.2, -0.15) is 0 Å². The van der Waals surface area contributed by atoms with Crippen LogP contribution in [0.3, 0.4) is 0 Å². The zero-order valence-electron chi connectivity index (χ0n) is 18.5. The Morgan fingerprint density at radius 1 is 1.12 bits per heavy atom. The molecule has 0 radical (unpaired) electrons. The molecule has 1 heterocycles. The molecule has 2 amide bonds. The Labute approximate surface area is 202 Å². The van der Waals surface area contributed by atoms with Gasteiger partial charge in [0.2, 0.25) is 5.91 Å². The van der Waals surface area contributed by atoms with Gasteiger partial charge in [0.25, 0.3) is 5.91 Å². The van der Waals surface area contributed by atoms with Crippen LogP contribution in [-0.2, 0) is 19.1 Å². The van der Waals surface area contributed by atoms with Crippen LogP contribution in [0.5, 0.6) is 0 Å². The molecule has 7 nitrogen and oxygen atoms in total. The average molecular weight is 493 g/mol. The lowest BCUT2D eigenvalue weighted by Gasteiger charge is -2.26. The van der Waals surface area contributed by atoms with Gasteiger partial charge in [-0.25, -0.2) is 0 Å². The molecule has 0 aliphatic carbocycles. The summed E-state index contributed by atoms with van der Waals surface area (Å²) in [6, 6.07) is 11.2. The molecule has 2 aromatic rings. The van der Waals surface area contributed by atoms with Crippen molar-refractivity contribution in [3.8, 4) is 0 Å². The highest BCUT2D eigenvalue weighted by Gasteiger charge is 2.38. The number of nitrogens with zero attached hydrogens (tertiary/aromatic N) is 1. The van der Waals surface area contributed by atoms with Crippen LogP contribution in [0.1, 0.15) is 44.4 Å². The van der Waals surface area contributed by atoms with E-state index in [-0.39, 0.29) is 18.2 Å². The summed E-state index contributed by atoms with van der Waals surface area (Å²) in [4.78, 5) is 38.9. The monoisotopic (exact) mass is 492 g/mol. The highest BCUT2D eigenvalue weighted by atomic mass is 35.5. The first-order valence-corrected chi connectivity index (χ1v) is 11.4. The van der Waals surface area contributed by atoms with Crippen molar-refractivity contribution < 1.29 is 24.2 Å². The average Bonchev–Trinajstić information content (AvgIpc) is 2.84. The lowest BCUT2D eigenvalue weighted by Crippen LogP contribution is -2.45. The predicted molar refractivity (Wildman–Crippen MR) is 127 cm³/mol. The number of amides is 2. The van der Waals surface area contributed by atoms with Gasteiger partial charge in [0.1, 0.15) is 18.2 Å². The zero-order valence-corrected chi connectivity index (χ0v) is 20.1. The highest BCUT2D eigenvalue weighted by Crippen LogP contribution is 2.42. The number of hydrogen-bond acceptors (Lipinski definition) is 4. The molecule has 1 aliphatic heterocycles. The highest BCUT2D eigenvalue weighted by molar-refractivity contribution is 6.31. The Hall–Kier alpha value is -2.61. The molecule has 0 aromatic heterocycles. The topological polar surface area (TPSA) is 95.9 Å². The van der Waals surface area contributed by atoms with Crippen molar-refractivity contribution in [1.82, 2.24) is 5.32 Å². The van der Waals surface area contributed by atoms with Gasteiger partial charge in [-0.1, -0.05) is 55.2 Å². The third-order valence-electron chi connectivity index (χ3n) is 5.26. The van der Waals surface area contributed by atoms with Crippen LogP contribution in [0.4, 0.5) is 5.69 Å². The molecule has 3 rings (SSSR count). The second kappa shape index (κ2) is 10.5. The van der Waals surface area contributed by atoms with Gasteiger partial charge in [-0.15, -0.1) is 0 Å². The van der Waals surface area contributed by atoms with Crippen LogP contribution in [0, 0.1) is 5.92 Å². The molecule has 0 saturated heterocycles. The molecule has 2 aromatic carbocycles. The number of benzene rings is 2. The van der Waals surface area contributed by atoms with E-state index in [4.69, 9.17) is 33.0 Å². The van der Waals surface area contributed by atoms with Gasteiger partial charge in [-0.3, -0.25) is 14.4 Å². The summed E-state index contributed by atoms with van der Waals surface area (Å²) in [5.41, 5.74) is 1.92. The summed E-state index contributed by atoms with van der Waals surface area (Å²) in [6.45, 7) is 5.72. The number of carbonyl (C=O) groups excluding carboxylic acids is 2. The summed E-state index contributed by atoms with van der Waals surface area (Å²) in [7, 11) is 0. The number of carbonyl (C=O) groups is 3. The molecule has 3 atom stereocenters. The van der Waals surface area contributed by atoms with Crippen molar-refractivity contribution >= 4 is 46.7 Å². The van der Waals surface area contributed by atoms with E-state index in [0.29, 0.717) is 33.4 Å². The molecule has 2 N–H and O–H groups in total. The second-order valence-electron chi connectivity index (χ2n) is 8.40. The number of aliphatic carboxylic acids is 1. The van der Waals surface area contributed by atoms with Crippen molar-refractivity contribution in [1.29, 1.82) is 0 Å². The van der Waals surface area contributed by atoms with Crippen LogP contribution < -0.4 is 10.2 Å². The van der Waals surface area contributed by atoms with Gasteiger partial charge in [0, 0.05) is 33.4 Å². The van der Waals surface area contributed by atoms with Gasteiger partial charge in [-0.05, 0) is 37.1 Å². The number of hydrogen-bond donors (Lipinski definition) is 2. The van der Waals surface area contributed by atoms with E-state index in [1.807, 2.05) is 19.9 Å². The molecule has 0 bridgehead atoms. The number of anilines is 1. The van der Waals surface area contributed by atoms with Crippen molar-refractivity contribution in [3.63, 3.8) is 0 Å². The maximum Gasteiger partial charge on any atom is 0.325 e. The van der Waals surface area contributed by atoms with Crippen LogP contribution in [-0.4, -0.2) is 41.6 Å². The lowest BCUT2D eigenvalue weighted by molar-refractivity contribution is -0.143. The third-order valence-corrected chi connectivity index (χ3v) is 5.84. The van der Waals surface area contributed by atoms with Gasteiger partial charge >= 0.3 is 5.97 Å². The maximum absolute atomic E-state index is 13.6. The minimum absolute atomic E-state index is 0.135. The number of carboxylic acids is 1. The molecule has 0 spiro atoms. The van der Waals surface area contributed by atoms with Crippen LogP contribution in [0.15, 0.2) is 42.5 Å². The predicted octanol–water partition coefficient (Wildman–Crippen LogP) is 4.45. The van der Waals surface area contributed by atoms with Crippen molar-refractivity contribution in [2.45, 2.75) is 45.4 Å². The number of rotatable bonds is 7. The summed E-state index contributed by atoms with van der Waals surface area (Å²) in [6.07, 6.45) is -2.26. The van der Waals surface area contributed by atoms with Gasteiger partial charge in [0.05, 0.1) is 6.42 Å². The van der Waals surface area contributed by atoms with E-state index in [2.05, 4.69) is 5.32 Å². The minimum atomic E-state index is -1.17. The quantitative estimate of drug-likeness (QED) is 0.594. The van der Waals surface area contributed by atoms with E-state index in [9.17, 15) is 14.4 Å². The molecule has 33 heavy (non-hydrogen) atoms. The Kier molecular flexibility index (Phi) is 8.00. The normalized spacial score (nSPS) is 19.1. The van der Waals surface area contributed by atoms with E-state index in [1.165, 1.54) is 6.92 Å². The molecular formula is C24H26Cl2N2O5. The molecule has 0 saturated carbocycles. The first kappa shape index (κ1) is 25.0. The van der Waals surface area contributed by atoms with Crippen LogP contribution in [0.25, 0.3) is 0 Å². The number of carboxylic acid groups (broad SMARTS) is 1. The third kappa shape index (κ3) is 5.85. The first-order chi connectivity index (χ1) is 15.6. The lowest BCUT2D eigenvalue weighted by atomic mass is 9.99.